The fourth-order valence-electron chi connectivity index (χ4n) is 4.35. The fraction of sp³-hybridized carbons (Fsp3) is 0.478. The van der Waals surface area contributed by atoms with E-state index in [9.17, 15) is 10.2 Å². The second-order valence-electron chi connectivity index (χ2n) is 8.27. The molecule has 2 aromatic carbocycles. The molecule has 2 aliphatic rings. The molecule has 1 fully saturated rings. The SMILES string of the molecule is Cc1ccc([C@@H](O)CN2CCC3(CC2)C[C@H](O)c2cc(C)ccc2O3)cc1. The van der Waals surface area contributed by atoms with Crippen molar-refractivity contribution in [1.82, 2.24) is 4.90 Å². The van der Waals surface area contributed by atoms with Crippen LogP contribution in [-0.4, -0.2) is 40.3 Å². The molecule has 0 aromatic heterocycles. The molecule has 1 saturated heterocycles. The first-order valence-corrected chi connectivity index (χ1v) is 9.89. The molecule has 2 aromatic rings. The molecule has 0 saturated carbocycles. The number of hydrogen-bond donors (Lipinski definition) is 2. The zero-order valence-electron chi connectivity index (χ0n) is 16.2. The molecule has 0 unspecified atom stereocenters. The largest absolute Gasteiger partial charge is 0.487 e. The van der Waals surface area contributed by atoms with Crippen molar-refractivity contribution in [2.45, 2.75) is 50.9 Å². The summed E-state index contributed by atoms with van der Waals surface area (Å²) in [6.07, 6.45) is 1.47. The Morgan fingerprint density at radius 1 is 1.07 bits per heavy atom. The predicted molar refractivity (Wildman–Crippen MR) is 106 cm³/mol. The third-order valence-corrected chi connectivity index (χ3v) is 6.08. The van der Waals surface area contributed by atoms with E-state index in [0.717, 1.165) is 48.4 Å². The smallest absolute Gasteiger partial charge is 0.125 e. The van der Waals surface area contributed by atoms with Crippen LogP contribution in [0.1, 0.15) is 53.7 Å². The number of aryl methyl sites for hydroxylation is 2. The van der Waals surface area contributed by atoms with Gasteiger partial charge in [-0.3, -0.25) is 0 Å². The molecule has 4 nitrogen and oxygen atoms in total. The number of fused-ring (bicyclic) bond motifs is 1. The zero-order chi connectivity index (χ0) is 19.0. The van der Waals surface area contributed by atoms with Gasteiger partial charge in [0.05, 0.1) is 12.2 Å². The molecule has 2 N–H and O–H groups in total. The Morgan fingerprint density at radius 3 is 2.44 bits per heavy atom. The normalized spacial score (nSPS) is 22.9. The molecule has 0 radical (unpaired) electrons. The maximum atomic E-state index is 10.7. The maximum absolute atomic E-state index is 10.7. The van der Waals surface area contributed by atoms with Crippen molar-refractivity contribution < 1.29 is 14.9 Å². The molecule has 4 rings (SSSR count). The van der Waals surface area contributed by atoms with Crippen LogP contribution in [0.2, 0.25) is 0 Å². The molecule has 2 atom stereocenters. The Hall–Kier alpha value is -1.88. The van der Waals surface area contributed by atoms with Crippen molar-refractivity contribution in [2.75, 3.05) is 19.6 Å². The Labute approximate surface area is 161 Å². The second-order valence-corrected chi connectivity index (χ2v) is 8.27. The van der Waals surface area contributed by atoms with E-state index in [-0.39, 0.29) is 5.60 Å². The van der Waals surface area contributed by atoms with E-state index < -0.39 is 12.2 Å². The predicted octanol–water partition coefficient (Wildman–Crippen LogP) is 3.69. The maximum Gasteiger partial charge on any atom is 0.125 e. The number of rotatable bonds is 3. The van der Waals surface area contributed by atoms with Gasteiger partial charge in [0.25, 0.3) is 0 Å². The average Bonchev–Trinajstić information content (AvgIpc) is 2.65. The Bertz CT molecular complexity index is 794. The quantitative estimate of drug-likeness (QED) is 0.869. The van der Waals surface area contributed by atoms with Crippen molar-refractivity contribution in [1.29, 1.82) is 0 Å². The molecule has 4 heteroatoms. The zero-order valence-corrected chi connectivity index (χ0v) is 16.2. The number of aliphatic hydroxyl groups excluding tert-OH is 2. The number of ether oxygens (including phenoxy) is 1. The highest BCUT2D eigenvalue weighted by Crippen LogP contribution is 2.44. The van der Waals surface area contributed by atoms with Gasteiger partial charge in [0.2, 0.25) is 0 Å². The van der Waals surface area contributed by atoms with Crippen LogP contribution >= 0.6 is 0 Å². The number of aliphatic hydroxyl groups is 2. The Balaban J connectivity index is 1.39. The molecular formula is C23H29NO3. The van der Waals surface area contributed by atoms with Gasteiger partial charge in [-0.15, -0.1) is 0 Å². The van der Waals surface area contributed by atoms with Crippen LogP contribution in [-0.2, 0) is 0 Å². The lowest BCUT2D eigenvalue weighted by Gasteiger charge is -2.46. The van der Waals surface area contributed by atoms with Crippen molar-refractivity contribution in [2.24, 2.45) is 0 Å². The molecular weight excluding hydrogens is 338 g/mol. The van der Waals surface area contributed by atoms with Gasteiger partial charge in [0.1, 0.15) is 11.4 Å². The van der Waals surface area contributed by atoms with Crippen LogP contribution in [0, 0.1) is 13.8 Å². The summed E-state index contributed by atoms with van der Waals surface area (Å²) in [6.45, 7) is 6.47. The van der Waals surface area contributed by atoms with Gasteiger partial charge in [-0.2, -0.15) is 0 Å². The Kier molecular flexibility index (Phi) is 4.97. The Morgan fingerprint density at radius 2 is 1.74 bits per heavy atom. The molecule has 0 aliphatic carbocycles. The molecule has 1 spiro atoms. The topological polar surface area (TPSA) is 52.9 Å². The highest BCUT2D eigenvalue weighted by molar-refractivity contribution is 5.41. The van der Waals surface area contributed by atoms with E-state index in [0.29, 0.717) is 13.0 Å². The number of β-amino-alcohol motifs (C(OH)–C–C–N with tert-alkyl or cyclic N) is 1. The summed E-state index contributed by atoms with van der Waals surface area (Å²) >= 11 is 0. The first-order valence-electron chi connectivity index (χ1n) is 9.89. The molecule has 2 heterocycles. The van der Waals surface area contributed by atoms with Crippen molar-refractivity contribution >= 4 is 0 Å². The van der Waals surface area contributed by atoms with Gasteiger partial charge in [-0.05, 0) is 44.4 Å². The van der Waals surface area contributed by atoms with Gasteiger partial charge in [0.15, 0.2) is 0 Å². The lowest BCUT2D eigenvalue weighted by atomic mass is 9.81. The summed E-state index contributed by atoms with van der Waals surface area (Å²) in [5.74, 6) is 0.826. The van der Waals surface area contributed by atoms with Crippen molar-refractivity contribution in [3.05, 3.63) is 64.7 Å². The van der Waals surface area contributed by atoms with Crippen molar-refractivity contribution in [3.63, 3.8) is 0 Å². The van der Waals surface area contributed by atoms with E-state index in [1.807, 2.05) is 49.4 Å². The standard InChI is InChI=1S/C23H29NO3/c1-16-3-6-18(7-4-16)21(26)15-24-11-9-23(10-12-24)14-20(25)19-13-17(2)5-8-22(19)27-23/h3-8,13,20-21,25-26H,9-12,14-15H2,1-2H3/t20-,21-/m0/s1. The van der Waals surface area contributed by atoms with Gasteiger partial charge < -0.3 is 19.8 Å². The average molecular weight is 367 g/mol. The van der Waals surface area contributed by atoms with E-state index in [1.165, 1.54) is 5.56 Å². The van der Waals surface area contributed by atoms with Gasteiger partial charge in [0, 0.05) is 31.6 Å². The molecule has 27 heavy (non-hydrogen) atoms. The van der Waals surface area contributed by atoms with Crippen LogP contribution in [0.15, 0.2) is 42.5 Å². The second kappa shape index (κ2) is 7.27. The molecule has 2 aliphatic heterocycles. The van der Waals surface area contributed by atoms with Gasteiger partial charge in [-0.25, -0.2) is 0 Å². The first kappa shape index (κ1) is 18.5. The fourth-order valence-corrected chi connectivity index (χ4v) is 4.35. The van der Waals surface area contributed by atoms with Gasteiger partial charge >= 0.3 is 0 Å². The number of likely N-dealkylation sites (tertiary alicyclic amines) is 1. The van der Waals surface area contributed by atoms with E-state index in [4.69, 9.17) is 4.74 Å². The lowest BCUT2D eigenvalue weighted by Crippen LogP contribution is -2.51. The van der Waals surface area contributed by atoms with Crippen LogP contribution in [0.5, 0.6) is 5.75 Å². The number of piperidine rings is 1. The highest BCUT2D eigenvalue weighted by atomic mass is 16.5. The highest BCUT2D eigenvalue weighted by Gasteiger charge is 2.43. The van der Waals surface area contributed by atoms with Crippen LogP contribution < -0.4 is 4.74 Å². The van der Waals surface area contributed by atoms with E-state index in [1.54, 1.807) is 0 Å². The summed E-state index contributed by atoms with van der Waals surface area (Å²) in [5, 5.41) is 21.2. The minimum atomic E-state index is -0.471. The third kappa shape index (κ3) is 3.88. The van der Waals surface area contributed by atoms with Crippen molar-refractivity contribution in [3.8, 4) is 5.75 Å². The molecule has 0 bridgehead atoms. The molecule has 0 amide bonds. The van der Waals surface area contributed by atoms with Crippen LogP contribution in [0.25, 0.3) is 0 Å². The summed E-state index contributed by atoms with van der Waals surface area (Å²) < 4.78 is 6.39. The van der Waals surface area contributed by atoms with E-state index >= 15 is 0 Å². The van der Waals surface area contributed by atoms with Crippen LogP contribution in [0.3, 0.4) is 0 Å². The third-order valence-electron chi connectivity index (χ3n) is 6.08. The van der Waals surface area contributed by atoms with Crippen LogP contribution in [0.4, 0.5) is 0 Å². The number of hydrogen-bond acceptors (Lipinski definition) is 4. The lowest BCUT2D eigenvalue weighted by molar-refractivity contribution is -0.0588. The molecule has 144 valence electrons. The summed E-state index contributed by atoms with van der Waals surface area (Å²) in [5.41, 5.74) is 3.95. The number of benzene rings is 2. The van der Waals surface area contributed by atoms with E-state index in [2.05, 4.69) is 11.8 Å². The minimum absolute atomic E-state index is 0.285. The summed E-state index contributed by atoms with van der Waals surface area (Å²) in [7, 11) is 0. The minimum Gasteiger partial charge on any atom is -0.487 e. The monoisotopic (exact) mass is 367 g/mol. The summed E-state index contributed by atoms with van der Waals surface area (Å²) in [6, 6.07) is 14.1. The van der Waals surface area contributed by atoms with Gasteiger partial charge in [-0.1, -0.05) is 41.5 Å². The first-order chi connectivity index (χ1) is 12.9. The summed E-state index contributed by atoms with van der Waals surface area (Å²) in [4.78, 5) is 2.30. The number of nitrogens with zero attached hydrogens (tertiary/aromatic N) is 1.